The van der Waals surface area contributed by atoms with E-state index in [0.717, 1.165) is 10.9 Å². The van der Waals surface area contributed by atoms with Crippen molar-refractivity contribution in [3.05, 3.63) is 33.8 Å². The molecule has 0 saturated carbocycles. The first-order chi connectivity index (χ1) is 7.04. The topological polar surface area (TPSA) is 20.2 Å². The third-order valence-electron chi connectivity index (χ3n) is 3.53. The van der Waals surface area contributed by atoms with Crippen LogP contribution in [0.4, 0.5) is 0 Å². The Morgan fingerprint density at radius 1 is 1.47 bits per heavy atom. The zero-order valence-corrected chi connectivity index (χ0v) is 10.8. The highest BCUT2D eigenvalue weighted by molar-refractivity contribution is 9.10. The molecule has 0 bridgehead atoms. The largest absolute Gasteiger partial charge is 0.396 e. The lowest BCUT2D eigenvalue weighted by molar-refractivity contribution is 0.130. The predicted octanol–water partition coefficient (Wildman–Crippen LogP) is 3.50. The number of rotatable bonds is 2. The number of benzene rings is 1. The molecule has 1 unspecified atom stereocenters. The lowest BCUT2D eigenvalue weighted by Gasteiger charge is -2.30. The SMILES string of the molecule is CC(C)(CO)C1CCc2cc(Br)ccc21. The summed E-state index contributed by atoms with van der Waals surface area (Å²) in [5.41, 5.74) is 2.87. The fourth-order valence-corrected chi connectivity index (χ4v) is 2.92. The van der Waals surface area contributed by atoms with Crippen molar-refractivity contribution >= 4 is 15.9 Å². The minimum Gasteiger partial charge on any atom is -0.396 e. The maximum Gasteiger partial charge on any atom is 0.0487 e. The van der Waals surface area contributed by atoms with Crippen LogP contribution in [0.1, 0.15) is 37.3 Å². The second kappa shape index (κ2) is 3.91. The molecule has 2 rings (SSSR count). The second-order valence-electron chi connectivity index (χ2n) is 5.08. The summed E-state index contributed by atoms with van der Waals surface area (Å²) in [6, 6.07) is 6.52. The van der Waals surface area contributed by atoms with Crippen LogP contribution < -0.4 is 0 Å². The number of aliphatic hydroxyl groups excluding tert-OH is 1. The summed E-state index contributed by atoms with van der Waals surface area (Å²) in [6.45, 7) is 4.55. The van der Waals surface area contributed by atoms with Gasteiger partial charge in [-0.15, -0.1) is 0 Å². The van der Waals surface area contributed by atoms with Gasteiger partial charge in [-0.3, -0.25) is 0 Å². The Bertz CT molecular complexity index is 371. The van der Waals surface area contributed by atoms with Crippen LogP contribution in [-0.2, 0) is 6.42 Å². The van der Waals surface area contributed by atoms with Gasteiger partial charge in [0, 0.05) is 11.1 Å². The first-order valence-corrected chi connectivity index (χ1v) is 6.23. The lowest BCUT2D eigenvalue weighted by Crippen LogP contribution is -2.24. The van der Waals surface area contributed by atoms with Gasteiger partial charge in [0.2, 0.25) is 0 Å². The maximum atomic E-state index is 9.43. The Hall–Kier alpha value is -0.340. The summed E-state index contributed by atoms with van der Waals surface area (Å²) < 4.78 is 1.16. The number of hydrogen-bond donors (Lipinski definition) is 1. The van der Waals surface area contributed by atoms with Gasteiger partial charge in [-0.25, -0.2) is 0 Å². The van der Waals surface area contributed by atoms with E-state index in [1.54, 1.807) is 0 Å². The smallest absolute Gasteiger partial charge is 0.0487 e. The van der Waals surface area contributed by atoms with Crippen LogP contribution in [-0.4, -0.2) is 11.7 Å². The molecule has 1 aromatic carbocycles. The van der Waals surface area contributed by atoms with Gasteiger partial charge in [-0.2, -0.15) is 0 Å². The molecule has 1 N–H and O–H groups in total. The molecule has 0 amide bonds. The summed E-state index contributed by atoms with van der Waals surface area (Å²) in [5, 5.41) is 9.43. The van der Waals surface area contributed by atoms with E-state index >= 15 is 0 Å². The van der Waals surface area contributed by atoms with Gasteiger partial charge < -0.3 is 5.11 Å². The van der Waals surface area contributed by atoms with E-state index in [1.165, 1.54) is 17.5 Å². The molecule has 15 heavy (non-hydrogen) atoms. The normalized spacial score (nSPS) is 20.4. The number of aliphatic hydroxyl groups is 1. The molecule has 1 aromatic rings. The molecular weight excluding hydrogens is 252 g/mol. The van der Waals surface area contributed by atoms with Crippen LogP contribution in [0.2, 0.25) is 0 Å². The van der Waals surface area contributed by atoms with Crippen molar-refractivity contribution in [1.82, 2.24) is 0 Å². The monoisotopic (exact) mass is 268 g/mol. The molecule has 1 nitrogen and oxygen atoms in total. The third-order valence-corrected chi connectivity index (χ3v) is 4.03. The van der Waals surface area contributed by atoms with E-state index in [1.807, 2.05) is 0 Å². The van der Waals surface area contributed by atoms with Gasteiger partial charge in [0.1, 0.15) is 0 Å². The molecule has 0 saturated heterocycles. The van der Waals surface area contributed by atoms with Crippen LogP contribution >= 0.6 is 15.9 Å². The molecule has 1 aliphatic rings. The number of fused-ring (bicyclic) bond motifs is 1. The summed E-state index contributed by atoms with van der Waals surface area (Å²) >= 11 is 3.50. The number of aryl methyl sites for hydroxylation is 1. The summed E-state index contributed by atoms with van der Waals surface area (Å²) in [6.07, 6.45) is 2.31. The van der Waals surface area contributed by atoms with Gasteiger partial charge in [-0.05, 0) is 47.4 Å². The molecule has 1 atom stereocenters. The Morgan fingerprint density at radius 3 is 2.87 bits per heavy atom. The lowest BCUT2D eigenvalue weighted by atomic mass is 9.76. The number of halogens is 1. The molecule has 1 aliphatic carbocycles. The average molecular weight is 269 g/mol. The Balaban J connectivity index is 2.37. The quantitative estimate of drug-likeness (QED) is 0.871. The van der Waals surface area contributed by atoms with E-state index in [-0.39, 0.29) is 12.0 Å². The van der Waals surface area contributed by atoms with Gasteiger partial charge in [0.15, 0.2) is 0 Å². The Morgan fingerprint density at radius 2 is 2.20 bits per heavy atom. The molecular formula is C13H17BrO. The molecule has 82 valence electrons. The van der Waals surface area contributed by atoms with Crippen molar-refractivity contribution in [1.29, 1.82) is 0 Å². The molecule has 2 heteroatoms. The van der Waals surface area contributed by atoms with Gasteiger partial charge in [-0.1, -0.05) is 35.8 Å². The highest BCUT2D eigenvalue weighted by Gasteiger charge is 2.34. The molecule has 0 fully saturated rings. The van der Waals surface area contributed by atoms with Gasteiger partial charge in [0.05, 0.1) is 0 Å². The standard InChI is InChI=1S/C13H17BrO/c1-13(2,8-15)12-6-3-9-7-10(14)4-5-11(9)12/h4-5,7,12,15H,3,6,8H2,1-2H3. The maximum absolute atomic E-state index is 9.43. The zero-order chi connectivity index (χ0) is 11.1. The predicted molar refractivity (Wildman–Crippen MR) is 66.1 cm³/mol. The average Bonchev–Trinajstić information content (AvgIpc) is 2.61. The first-order valence-electron chi connectivity index (χ1n) is 5.44. The molecule has 0 radical (unpaired) electrons. The highest BCUT2D eigenvalue weighted by atomic mass is 79.9. The fourth-order valence-electron chi connectivity index (χ4n) is 2.51. The van der Waals surface area contributed by atoms with Crippen molar-refractivity contribution in [3.63, 3.8) is 0 Å². The van der Waals surface area contributed by atoms with Crippen LogP contribution in [0, 0.1) is 5.41 Å². The first kappa shape index (κ1) is 11.2. The molecule has 0 aliphatic heterocycles. The van der Waals surface area contributed by atoms with Crippen molar-refractivity contribution in [2.24, 2.45) is 5.41 Å². The van der Waals surface area contributed by atoms with E-state index in [9.17, 15) is 5.11 Å². The van der Waals surface area contributed by atoms with Crippen molar-refractivity contribution in [2.75, 3.05) is 6.61 Å². The summed E-state index contributed by atoms with van der Waals surface area (Å²) in [7, 11) is 0. The molecule has 0 heterocycles. The number of hydrogen-bond acceptors (Lipinski definition) is 1. The van der Waals surface area contributed by atoms with E-state index in [0.29, 0.717) is 5.92 Å². The van der Waals surface area contributed by atoms with Crippen molar-refractivity contribution in [2.45, 2.75) is 32.6 Å². The Labute approximate surface area is 99.6 Å². The second-order valence-corrected chi connectivity index (χ2v) is 6.00. The highest BCUT2D eigenvalue weighted by Crippen LogP contribution is 2.45. The third kappa shape index (κ3) is 1.98. The summed E-state index contributed by atoms with van der Waals surface area (Å²) in [4.78, 5) is 0. The zero-order valence-electron chi connectivity index (χ0n) is 9.26. The van der Waals surface area contributed by atoms with E-state index in [4.69, 9.17) is 0 Å². The van der Waals surface area contributed by atoms with E-state index in [2.05, 4.69) is 48.0 Å². The van der Waals surface area contributed by atoms with Gasteiger partial charge >= 0.3 is 0 Å². The minimum absolute atomic E-state index is 0.000913. The fraction of sp³-hybridized carbons (Fsp3) is 0.538. The van der Waals surface area contributed by atoms with E-state index < -0.39 is 0 Å². The van der Waals surface area contributed by atoms with Gasteiger partial charge in [0.25, 0.3) is 0 Å². The Kier molecular flexibility index (Phi) is 2.91. The summed E-state index contributed by atoms with van der Waals surface area (Å²) in [5.74, 6) is 0.505. The van der Waals surface area contributed by atoms with Crippen LogP contribution in [0.25, 0.3) is 0 Å². The van der Waals surface area contributed by atoms with Crippen molar-refractivity contribution in [3.8, 4) is 0 Å². The minimum atomic E-state index is -0.000913. The van der Waals surface area contributed by atoms with Crippen LogP contribution in [0.3, 0.4) is 0 Å². The van der Waals surface area contributed by atoms with Crippen molar-refractivity contribution < 1.29 is 5.11 Å². The van der Waals surface area contributed by atoms with Crippen LogP contribution in [0.5, 0.6) is 0 Å². The molecule has 0 aromatic heterocycles. The van der Waals surface area contributed by atoms with Crippen LogP contribution in [0.15, 0.2) is 22.7 Å². The molecule has 0 spiro atoms.